The number of aromatic amines is 1. The highest BCUT2D eigenvalue weighted by atomic mass is 35.5. The number of ether oxygens (including phenoxy) is 1. The first kappa shape index (κ1) is 19.5. The molecule has 0 saturated heterocycles. The van der Waals surface area contributed by atoms with Gasteiger partial charge in [-0.05, 0) is 42.8 Å². The Morgan fingerprint density at radius 1 is 1.24 bits per heavy atom. The largest absolute Gasteiger partial charge is 0.495 e. The third-order valence-electron chi connectivity index (χ3n) is 4.43. The van der Waals surface area contributed by atoms with Gasteiger partial charge in [-0.15, -0.1) is 21.5 Å². The standard InChI is InChI=1S/C20H16ClFN4O2S/c1-10-5-11(3-4-23-10)17-7-13(19(29-17)20-24-9-25-26-20)18(27)12-6-16(28-2)14(21)8-15(12)22/h3-9,18,27H,1-2H3,(H,24,25,26). The predicted molar refractivity (Wildman–Crippen MR) is 110 cm³/mol. The maximum Gasteiger partial charge on any atom is 0.171 e. The van der Waals surface area contributed by atoms with Crippen LogP contribution in [0.4, 0.5) is 4.39 Å². The number of aliphatic hydroxyl groups excluding tert-OH is 1. The van der Waals surface area contributed by atoms with Crippen molar-refractivity contribution in [3.63, 3.8) is 0 Å². The lowest BCUT2D eigenvalue weighted by Gasteiger charge is -2.14. The van der Waals surface area contributed by atoms with Gasteiger partial charge in [-0.3, -0.25) is 4.98 Å². The molecule has 0 spiro atoms. The smallest absolute Gasteiger partial charge is 0.171 e. The molecule has 9 heteroatoms. The van der Waals surface area contributed by atoms with Crippen LogP contribution in [0.15, 0.2) is 42.9 Å². The molecule has 0 aliphatic rings. The first-order valence-electron chi connectivity index (χ1n) is 8.62. The predicted octanol–water partition coefficient (Wildman–Crippen LogP) is 4.79. The van der Waals surface area contributed by atoms with Crippen LogP contribution in [0, 0.1) is 12.7 Å². The third-order valence-corrected chi connectivity index (χ3v) is 5.94. The number of benzene rings is 1. The Morgan fingerprint density at radius 3 is 2.76 bits per heavy atom. The fraction of sp³-hybridized carbons (Fsp3) is 0.150. The molecule has 29 heavy (non-hydrogen) atoms. The van der Waals surface area contributed by atoms with Crippen molar-refractivity contribution in [2.75, 3.05) is 7.11 Å². The summed E-state index contributed by atoms with van der Waals surface area (Å²) in [5.74, 6) is 0.144. The van der Waals surface area contributed by atoms with Crippen LogP contribution in [0.2, 0.25) is 5.02 Å². The Labute approximate surface area is 175 Å². The summed E-state index contributed by atoms with van der Waals surface area (Å²) in [6.07, 6.45) is 1.92. The van der Waals surface area contributed by atoms with Crippen molar-refractivity contribution in [1.82, 2.24) is 20.2 Å². The quantitative estimate of drug-likeness (QED) is 0.475. The van der Waals surface area contributed by atoms with E-state index >= 15 is 0 Å². The second-order valence-electron chi connectivity index (χ2n) is 6.33. The average molecular weight is 431 g/mol. The molecule has 1 unspecified atom stereocenters. The zero-order chi connectivity index (χ0) is 20.5. The van der Waals surface area contributed by atoms with E-state index in [2.05, 4.69) is 20.2 Å². The number of methoxy groups -OCH3 is 1. The highest BCUT2D eigenvalue weighted by molar-refractivity contribution is 7.19. The molecule has 4 aromatic rings. The lowest BCUT2D eigenvalue weighted by Crippen LogP contribution is -2.04. The van der Waals surface area contributed by atoms with Gasteiger partial charge in [0.15, 0.2) is 5.82 Å². The molecule has 0 aliphatic heterocycles. The van der Waals surface area contributed by atoms with Crippen LogP contribution >= 0.6 is 22.9 Å². The monoisotopic (exact) mass is 430 g/mol. The van der Waals surface area contributed by atoms with Crippen LogP contribution in [0.5, 0.6) is 5.75 Å². The van der Waals surface area contributed by atoms with Gasteiger partial charge in [-0.1, -0.05) is 11.6 Å². The molecule has 1 aromatic carbocycles. The Kier molecular flexibility index (Phi) is 5.31. The summed E-state index contributed by atoms with van der Waals surface area (Å²) in [4.78, 5) is 8.71. The van der Waals surface area contributed by atoms with Crippen LogP contribution in [0.1, 0.15) is 22.9 Å². The first-order chi connectivity index (χ1) is 14.0. The van der Waals surface area contributed by atoms with Crippen molar-refractivity contribution in [3.8, 4) is 26.9 Å². The Hall–Kier alpha value is -2.81. The number of pyridine rings is 1. The summed E-state index contributed by atoms with van der Waals surface area (Å²) in [5, 5.41) is 19.1. The van der Waals surface area contributed by atoms with E-state index in [1.165, 1.54) is 30.8 Å². The number of aliphatic hydroxyl groups is 1. The summed E-state index contributed by atoms with van der Waals surface area (Å²) in [7, 11) is 1.43. The zero-order valence-corrected chi connectivity index (χ0v) is 17.1. The average Bonchev–Trinajstić information content (AvgIpc) is 3.37. The summed E-state index contributed by atoms with van der Waals surface area (Å²) in [6, 6.07) is 8.18. The number of thiophene rings is 1. The number of halogens is 2. The van der Waals surface area contributed by atoms with Crippen molar-refractivity contribution in [3.05, 3.63) is 70.5 Å². The molecule has 0 saturated carbocycles. The number of aryl methyl sites for hydroxylation is 1. The van der Waals surface area contributed by atoms with Gasteiger partial charge in [-0.25, -0.2) is 4.39 Å². The molecule has 1 atom stereocenters. The second kappa shape index (κ2) is 7.90. The van der Waals surface area contributed by atoms with Gasteiger partial charge < -0.3 is 14.8 Å². The van der Waals surface area contributed by atoms with E-state index in [-0.39, 0.29) is 16.3 Å². The molecule has 3 heterocycles. The van der Waals surface area contributed by atoms with Gasteiger partial charge in [0, 0.05) is 27.9 Å². The van der Waals surface area contributed by atoms with Gasteiger partial charge in [-0.2, -0.15) is 0 Å². The highest BCUT2D eigenvalue weighted by Crippen LogP contribution is 2.42. The van der Waals surface area contributed by atoms with E-state index in [0.717, 1.165) is 22.2 Å². The molecule has 4 rings (SSSR count). The maximum atomic E-state index is 14.6. The van der Waals surface area contributed by atoms with E-state index in [1.807, 2.05) is 25.1 Å². The lowest BCUT2D eigenvalue weighted by atomic mass is 10.00. The van der Waals surface area contributed by atoms with Crippen LogP contribution in [-0.4, -0.2) is 32.4 Å². The van der Waals surface area contributed by atoms with Crippen molar-refractivity contribution < 1.29 is 14.2 Å². The number of hydrogen-bond donors (Lipinski definition) is 2. The zero-order valence-electron chi connectivity index (χ0n) is 15.5. The third kappa shape index (κ3) is 3.74. The second-order valence-corrected chi connectivity index (χ2v) is 7.79. The summed E-state index contributed by atoms with van der Waals surface area (Å²) in [6.45, 7) is 1.90. The molecular weight excluding hydrogens is 415 g/mol. The first-order valence-corrected chi connectivity index (χ1v) is 9.81. The SMILES string of the molecule is COc1cc(C(O)c2cc(-c3ccnc(C)c3)sc2-c2nnc[nH]2)c(F)cc1Cl. The number of nitrogens with zero attached hydrogens (tertiary/aromatic N) is 3. The molecule has 0 bridgehead atoms. The molecule has 0 aliphatic carbocycles. The normalized spacial score (nSPS) is 12.2. The van der Waals surface area contributed by atoms with Gasteiger partial charge in [0.1, 0.15) is 24.0 Å². The van der Waals surface area contributed by atoms with E-state index in [4.69, 9.17) is 16.3 Å². The summed E-state index contributed by atoms with van der Waals surface area (Å²) < 4.78 is 19.8. The molecular formula is C20H16ClFN4O2S. The van der Waals surface area contributed by atoms with Crippen molar-refractivity contribution in [2.24, 2.45) is 0 Å². The topological polar surface area (TPSA) is 83.9 Å². The van der Waals surface area contributed by atoms with E-state index in [9.17, 15) is 9.50 Å². The van der Waals surface area contributed by atoms with Crippen LogP contribution in [0.3, 0.4) is 0 Å². The Morgan fingerprint density at radius 2 is 2.07 bits per heavy atom. The van der Waals surface area contributed by atoms with Gasteiger partial charge in [0.2, 0.25) is 0 Å². The summed E-state index contributed by atoms with van der Waals surface area (Å²) in [5.41, 5.74) is 2.37. The molecule has 2 N–H and O–H groups in total. The Balaban J connectivity index is 1.86. The van der Waals surface area contributed by atoms with E-state index < -0.39 is 11.9 Å². The lowest BCUT2D eigenvalue weighted by molar-refractivity contribution is 0.215. The number of rotatable bonds is 5. The number of H-pyrrole nitrogens is 1. The molecule has 3 aromatic heterocycles. The van der Waals surface area contributed by atoms with Crippen molar-refractivity contribution in [2.45, 2.75) is 13.0 Å². The molecule has 0 amide bonds. The maximum absolute atomic E-state index is 14.6. The minimum absolute atomic E-state index is 0.0577. The molecule has 0 fully saturated rings. The minimum atomic E-state index is -1.26. The van der Waals surface area contributed by atoms with Gasteiger partial charge in [0.25, 0.3) is 0 Å². The fourth-order valence-corrected chi connectivity index (χ4v) is 4.39. The highest BCUT2D eigenvalue weighted by Gasteiger charge is 2.25. The van der Waals surface area contributed by atoms with E-state index in [0.29, 0.717) is 16.3 Å². The van der Waals surface area contributed by atoms with Crippen LogP contribution in [0.25, 0.3) is 21.1 Å². The number of aromatic nitrogens is 4. The molecule has 0 radical (unpaired) electrons. The molecule has 148 valence electrons. The number of hydrogen-bond acceptors (Lipinski definition) is 6. The number of nitrogens with one attached hydrogen (secondary N) is 1. The fourth-order valence-electron chi connectivity index (χ4n) is 3.03. The van der Waals surface area contributed by atoms with Crippen molar-refractivity contribution in [1.29, 1.82) is 0 Å². The molecule has 6 nitrogen and oxygen atoms in total. The van der Waals surface area contributed by atoms with Crippen molar-refractivity contribution >= 4 is 22.9 Å². The van der Waals surface area contributed by atoms with Gasteiger partial charge in [0.05, 0.1) is 17.0 Å². The summed E-state index contributed by atoms with van der Waals surface area (Å²) >= 11 is 7.41. The van der Waals surface area contributed by atoms with Gasteiger partial charge >= 0.3 is 0 Å². The van der Waals surface area contributed by atoms with Crippen LogP contribution < -0.4 is 4.74 Å². The minimum Gasteiger partial charge on any atom is -0.495 e. The van der Waals surface area contributed by atoms with Crippen LogP contribution in [-0.2, 0) is 0 Å². The Bertz CT molecular complexity index is 1160. The van der Waals surface area contributed by atoms with E-state index in [1.54, 1.807) is 6.20 Å².